The Morgan fingerprint density at radius 1 is 1.19 bits per heavy atom. The van der Waals surface area contributed by atoms with E-state index in [0.717, 1.165) is 57.2 Å². The van der Waals surface area contributed by atoms with Gasteiger partial charge in [0, 0.05) is 25.4 Å². The van der Waals surface area contributed by atoms with E-state index in [-0.39, 0.29) is 0 Å². The molecular formula is C16H32N4O. The van der Waals surface area contributed by atoms with E-state index in [9.17, 15) is 0 Å². The third-order valence-corrected chi connectivity index (χ3v) is 3.73. The maximum atomic E-state index is 5.40. The van der Waals surface area contributed by atoms with Crippen molar-refractivity contribution in [1.82, 2.24) is 20.4 Å². The van der Waals surface area contributed by atoms with Crippen molar-refractivity contribution >= 4 is 0 Å². The van der Waals surface area contributed by atoms with E-state index in [1.807, 2.05) is 0 Å². The minimum Gasteiger partial charge on any atom is -0.339 e. The summed E-state index contributed by atoms with van der Waals surface area (Å²) in [6.07, 6.45) is 2.82. The van der Waals surface area contributed by atoms with Crippen molar-refractivity contribution in [2.45, 2.75) is 59.9 Å². The lowest BCUT2D eigenvalue weighted by Crippen LogP contribution is -2.32. The van der Waals surface area contributed by atoms with Crippen LogP contribution in [0.25, 0.3) is 0 Å². The Hall–Kier alpha value is -0.940. The highest BCUT2D eigenvalue weighted by molar-refractivity contribution is 4.90. The maximum absolute atomic E-state index is 5.40. The van der Waals surface area contributed by atoms with Crippen molar-refractivity contribution in [2.75, 3.05) is 26.2 Å². The van der Waals surface area contributed by atoms with Gasteiger partial charge in [-0.3, -0.25) is 0 Å². The van der Waals surface area contributed by atoms with Crippen LogP contribution in [0, 0.1) is 5.92 Å². The summed E-state index contributed by atoms with van der Waals surface area (Å²) in [7, 11) is 0. The molecule has 122 valence electrons. The molecule has 1 aromatic heterocycles. The summed E-state index contributed by atoms with van der Waals surface area (Å²) in [5.41, 5.74) is 0. The molecule has 0 aliphatic carbocycles. The van der Waals surface area contributed by atoms with E-state index in [1.165, 1.54) is 0 Å². The molecule has 0 saturated carbocycles. The van der Waals surface area contributed by atoms with Gasteiger partial charge in [0.05, 0.1) is 0 Å². The molecule has 1 rings (SSSR count). The van der Waals surface area contributed by atoms with Crippen LogP contribution in [-0.4, -0.2) is 47.3 Å². The number of hydrogen-bond donors (Lipinski definition) is 1. The third kappa shape index (κ3) is 7.05. The van der Waals surface area contributed by atoms with Crippen molar-refractivity contribution in [3.8, 4) is 0 Å². The van der Waals surface area contributed by atoms with Crippen molar-refractivity contribution in [1.29, 1.82) is 0 Å². The molecule has 5 nitrogen and oxygen atoms in total. The number of nitrogens with zero attached hydrogens (tertiary/aromatic N) is 3. The average molecular weight is 296 g/mol. The van der Waals surface area contributed by atoms with Crippen LogP contribution in [0.3, 0.4) is 0 Å². The number of likely N-dealkylation sites (N-methyl/N-ethyl adjacent to an activating group) is 2. The van der Waals surface area contributed by atoms with Gasteiger partial charge in [-0.25, -0.2) is 0 Å². The summed E-state index contributed by atoms with van der Waals surface area (Å²) in [4.78, 5) is 6.91. The van der Waals surface area contributed by atoms with Crippen LogP contribution < -0.4 is 5.32 Å². The summed E-state index contributed by atoms with van der Waals surface area (Å²) in [5.74, 6) is 2.26. The molecule has 0 amide bonds. The lowest BCUT2D eigenvalue weighted by Gasteiger charge is -2.17. The van der Waals surface area contributed by atoms with Gasteiger partial charge in [-0.2, -0.15) is 4.98 Å². The van der Waals surface area contributed by atoms with Gasteiger partial charge in [0.1, 0.15) is 0 Å². The Balaban J connectivity index is 2.49. The molecule has 1 N–H and O–H groups in total. The van der Waals surface area contributed by atoms with Crippen LogP contribution in [0.2, 0.25) is 0 Å². The molecule has 0 aliphatic heterocycles. The Morgan fingerprint density at radius 3 is 2.48 bits per heavy atom. The van der Waals surface area contributed by atoms with Gasteiger partial charge < -0.3 is 14.7 Å². The fraction of sp³-hybridized carbons (Fsp3) is 0.875. The SMILES string of the molecule is CCNC(Cc1nc(CCN(CC)CC)no1)CC(C)C. The van der Waals surface area contributed by atoms with Crippen LogP contribution in [0.1, 0.15) is 52.8 Å². The molecule has 5 heteroatoms. The van der Waals surface area contributed by atoms with E-state index in [4.69, 9.17) is 4.52 Å². The van der Waals surface area contributed by atoms with Crippen molar-refractivity contribution in [2.24, 2.45) is 5.92 Å². The second kappa shape index (κ2) is 9.90. The van der Waals surface area contributed by atoms with Gasteiger partial charge in [-0.15, -0.1) is 0 Å². The van der Waals surface area contributed by atoms with Crippen molar-refractivity contribution in [3.05, 3.63) is 11.7 Å². The van der Waals surface area contributed by atoms with Gasteiger partial charge in [0.25, 0.3) is 0 Å². The van der Waals surface area contributed by atoms with Crippen LogP contribution >= 0.6 is 0 Å². The summed E-state index contributed by atoms with van der Waals surface area (Å²) in [5, 5.41) is 7.61. The second-order valence-electron chi connectivity index (χ2n) is 5.97. The first-order valence-electron chi connectivity index (χ1n) is 8.36. The molecular weight excluding hydrogens is 264 g/mol. The van der Waals surface area contributed by atoms with E-state index >= 15 is 0 Å². The molecule has 1 atom stereocenters. The van der Waals surface area contributed by atoms with Gasteiger partial charge in [0.15, 0.2) is 5.82 Å². The molecule has 0 spiro atoms. The highest BCUT2D eigenvalue weighted by Crippen LogP contribution is 2.10. The fourth-order valence-corrected chi connectivity index (χ4v) is 2.58. The summed E-state index contributed by atoms with van der Waals surface area (Å²) < 4.78 is 5.40. The Labute approximate surface area is 129 Å². The monoisotopic (exact) mass is 296 g/mol. The summed E-state index contributed by atoms with van der Waals surface area (Å²) >= 11 is 0. The number of hydrogen-bond acceptors (Lipinski definition) is 5. The number of aromatic nitrogens is 2. The minimum absolute atomic E-state index is 0.422. The highest BCUT2D eigenvalue weighted by Gasteiger charge is 2.15. The normalized spacial score (nSPS) is 13.3. The zero-order valence-electron chi connectivity index (χ0n) is 14.4. The Morgan fingerprint density at radius 2 is 1.90 bits per heavy atom. The fourth-order valence-electron chi connectivity index (χ4n) is 2.58. The Kier molecular flexibility index (Phi) is 8.54. The molecule has 1 unspecified atom stereocenters. The topological polar surface area (TPSA) is 54.2 Å². The summed E-state index contributed by atoms with van der Waals surface area (Å²) in [6.45, 7) is 15.1. The molecule has 1 aromatic rings. The van der Waals surface area contributed by atoms with Gasteiger partial charge >= 0.3 is 0 Å². The van der Waals surface area contributed by atoms with Gasteiger partial charge in [-0.05, 0) is 32.0 Å². The van der Waals surface area contributed by atoms with Crippen molar-refractivity contribution < 1.29 is 4.52 Å². The van der Waals surface area contributed by atoms with E-state index in [2.05, 4.69) is 55.0 Å². The van der Waals surface area contributed by atoms with Crippen molar-refractivity contribution in [3.63, 3.8) is 0 Å². The van der Waals surface area contributed by atoms with Crippen LogP contribution in [0.15, 0.2) is 4.52 Å². The van der Waals surface area contributed by atoms with Crippen LogP contribution in [0.4, 0.5) is 0 Å². The molecule has 0 aromatic carbocycles. The average Bonchev–Trinajstić information content (AvgIpc) is 2.87. The molecule has 0 aliphatic rings. The predicted molar refractivity (Wildman–Crippen MR) is 86.4 cm³/mol. The highest BCUT2D eigenvalue weighted by atomic mass is 16.5. The first kappa shape index (κ1) is 18.1. The molecule has 1 heterocycles. The number of nitrogens with one attached hydrogen (secondary N) is 1. The standard InChI is InChI=1S/C16H32N4O/c1-6-17-14(11-13(4)5)12-16-18-15(19-21-16)9-10-20(7-2)8-3/h13-14,17H,6-12H2,1-5H3. The Bertz CT molecular complexity index is 374. The lowest BCUT2D eigenvalue weighted by molar-refractivity contribution is 0.301. The molecule has 21 heavy (non-hydrogen) atoms. The minimum atomic E-state index is 0.422. The lowest BCUT2D eigenvalue weighted by atomic mass is 10.0. The van der Waals surface area contributed by atoms with Gasteiger partial charge in [-0.1, -0.05) is 39.8 Å². The zero-order valence-corrected chi connectivity index (χ0v) is 14.4. The quantitative estimate of drug-likeness (QED) is 0.680. The summed E-state index contributed by atoms with van der Waals surface area (Å²) in [6, 6.07) is 0.422. The smallest absolute Gasteiger partial charge is 0.228 e. The van der Waals surface area contributed by atoms with Crippen LogP contribution in [0.5, 0.6) is 0 Å². The maximum Gasteiger partial charge on any atom is 0.228 e. The molecule has 0 fully saturated rings. The second-order valence-corrected chi connectivity index (χ2v) is 5.97. The first-order valence-corrected chi connectivity index (χ1v) is 8.36. The number of rotatable bonds is 11. The largest absolute Gasteiger partial charge is 0.339 e. The molecule has 0 saturated heterocycles. The molecule has 0 bridgehead atoms. The van der Waals surface area contributed by atoms with E-state index in [1.54, 1.807) is 0 Å². The molecule has 0 radical (unpaired) electrons. The predicted octanol–water partition coefficient (Wildman–Crippen LogP) is 2.52. The zero-order chi connectivity index (χ0) is 15.7. The van der Waals surface area contributed by atoms with Crippen LogP contribution in [-0.2, 0) is 12.8 Å². The third-order valence-electron chi connectivity index (χ3n) is 3.73. The van der Waals surface area contributed by atoms with Gasteiger partial charge in [0.2, 0.25) is 5.89 Å². The van der Waals surface area contributed by atoms with E-state index < -0.39 is 0 Å². The van der Waals surface area contributed by atoms with E-state index in [0.29, 0.717) is 12.0 Å². The first-order chi connectivity index (χ1) is 10.1.